The lowest BCUT2D eigenvalue weighted by atomic mass is 10.3. The number of hydrogen-bond donors (Lipinski definition) is 1. The lowest BCUT2D eigenvalue weighted by Gasteiger charge is -2.07. The first kappa shape index (κ1) is 12.3. The third kappa shape index (κ3) is 3.14. The average Bonchev–Trinajstić information content (AvgIpc) is 2.34. The summed E-state index contributed by atoms with van der Waals surface area (Å²) in [5, 5.41) is 11.8. The van der Waals surface area contributed by atoms with Crippen molar-refractivity contribution in [1.82, 2.24) is 9.97 Å². The van der Waals surface area contributed by atoms with Gasteiger partial charge in [-0.1, -0.05) is 0 Å². The minimum absolute atomic E-state index is 0.337. The highest BCUT2D eigenvalue weighted by Crippen LogP contribution is 2.26. The third-order valence-corrected chi connectivity index (χ3v) is 3.31. The quantitative estimate of drug-likeness (QED) is 0.784. The molecule has 84 valence electrons. The summed E-state index contributed by atoms with van der Waals surface area (Å²) in [6, 6.07) is 9.44. The molecule has 1 aromatic heterocycles. The van der Waals surface area contributed by atoms with E-state index in [-0.39, 0.29) is 0 Å². The van der Waals surface area contributed by atoms with Crippen LogP contribution in [0, 0.1) is 14.9 Å². The van der Waals surface area contributed by atoms with Gasteiger partial charge in [0.1, 0.15) is 11.8 Å². The van der Waals surface area contributed by atoms with E-state index in [9.17, 15) is 0 Å². The Morgan fingerprint density at radius 1 is 1.35 bits per heavy atom. The number of nitrogens with zero attached hydrogens (tertiary/aromatic N) is 3. The van der Waals surface area contributed by atoms with Crippen LogP contribution in [-0.2, 0) is 0 Å². The van der Waals surface area contributed by atoms with Gasteiger partial charge in [-0.15, -0.1) is 0 Å². The Labute approximate surface area is 120 Å². The van der Waals surface area contributed by atoms with Gasteiger partial charge in [0.25, 0.3) is 0 Å². The Kier molecular flexibility index (Phi) is 3.91. The molecule has 0 bridgehead atoms. The lowest BCUT2D eigenvalue weighted by Crippen LogP contribution is -1.98. The number of nitriles is 1. The van der Waals surface area contributed by atoms with Crippen molar-refractivity contribution in [2.45, 2.75) is 0 Å². The van der Waals surface area contributed by atoms with Gasteiger partial charge in [-0.05, 0) is 62.8 Å². The fraction of sp³-hybridized carbons (Fsp3) is 0. The molecule has 2 rings (SSSR count). The lowest BCUT2D eigenvalue weighted by molar-refractivity contribution is 1.14. The van der Waals surface area contributed by atoms with Gasteiger partial charge in [0, 0.05) is 14.2 Å². The van der Waals surface area contributed by atoms with Crippen molar-refractivity contribution in [3.63, 3.8) is 0 Å². The zero-order chi connectivity index (χ0) is 12.3. The van der Waals surface area contributed by atoms with Crippen molar-refractivity contribution in [3.8, 4) is 6.07 Å². The largest absolute Gasteiger partial charge is 0.323 e. The summed E-state index contributed by atoms with van der Waals surface area (Å²) in [7, 11) is 0. The third-order valence-electron chi connectivity index (χ3n) is 1.95. The number of aromatic nitrogens is 2. The van der Waals surface area contributed by atoms with Crippen LogP contribution in [0.25, 0.3) is 0 Å². The highest BCUT2D eigenvalue weighted by atomic mass is 127. The molecule has 6 heteroatoms. The van der Waals surface area contributed by atoms with Gasteiger partial charge >= 0.3 is 0 Å². The van der Waals surface area contributed by atoms with Gasteiger partial charge in [-0.2, -0.15) is 5.26 Å². The smallest absolute Gasteiger partial charge is 0.228 e. The number of halogens is 2. The summed E-state index contributed by atoms with van der Waals surface area (Å²) in [6.45, 7) is 0. The minimum Gasteiger partial charge on any atom is -0.323 e. The molecule has 1 heterocycles. The predicted molar refractivity (Wildman–Crippen MR) is 76.9 cm³/mol. The molecule has 0 fully saturated rings. The van der Waals surface area contributed by atoms with Crippen LogP contribution in [0.4, 0.5) is 11.6 Å². The molecule has 0 spiro atoms. The second kappa shape index (κ2) is 5.42. The Morgan fingerprint density at radius 3 is 2.94 bits per heavy atom. The van der Waals surface area contributed by atoms with E-state index in [2.05, 4.69) is 53.8 Å². The summed E-state index contributed by atoms with van der Waals surface area (Å²) >= 11 is 5.66. The van der Waals surface area contributed by atoms with Crippen molar-refractivity contribution in [2.24, 2.45) is 0 Å². The molecule has 0 aliphatic rings. The van der Waals surface area contributed by atoms with Crippen LogP contribution in [-0.4, -0.2) is 9.97 Å². The second-order valence-electron chi connectivity index (χ2n) is 3.13. The zero-order valence-electron chi connectivity index (χ0n) is 8.48. The summed E-state index contributed by atoms with van der Waals surface area (Å²) in [4.78, 5) is 8.11. The van der Waals surface area contributed by atoms with E-state index in [1.807, 2.05) is 24.3 Å². The van der Waals surface area contributed by atoms with E-state index in [0.29, 0.717) is 11.6 Å². The van der Waals surface area contributed by atoms with Crippen molar-refractivity contribution in [2.75, 3.05) is 5.32 Å². The molecule has 0 atom stereocenters. The fourth-order valence-electron chi connectivity index (χ4n) is 1.19. The Balaban J connectivity index is 2.31. The summed E-state index contributed by atoms with van der Waals surface area (Å²) in [5.41, 5.74) is 1.20. The minimum atomic E-state index is 0.337. The monoisotopic (exact) mass is 400 g/mol. The molecule has 0 aliphatic carbocycles. The van der Waals surface area contributed by atoms with Gasteiger partial charge in [0.05, 0.1) is 5.69 Å². The van der Waals surface area contributed by atoms with Crippen molar-refractivity contribution < 1.29 is 0 Å². The van der Waals surface area contributed by atoms with E-state index in [1.54, 1.807) is 12.3 Å². The molecule has 1 aromatic carbocycles. The fourth-order valence-corrected chi connectivity index (χ4v) is 2.03. The molecule has 4 nitrogen and oxygen atoms in total. The van der Waals surface area contributed by atoms with Crippen LogP contribution in [0.2, 0.25) is 0 Å². The Hall–Kier alpha value is -1.20. The number of hydrogen-bond acceptors (Lipinski definition) is 4. The first-order valence-electron chi connectivity index (χ1n) is 4.64. The maximum atomic E-state index is 8.75. The summed E-state index contributed by atoms with van der Waals surface area (Å²) in [5.74, 6) is 0.409. The van der Waals surface area contributed by atoms with E-state index in [0.717, 1.165) is 13.7 Å². The van der Waals surface area contributed by atoms with Crippen molar-refractivity contribution in [3.05, 3.63) is 44.2 Å². The van der Waals surface area contributed by atoms with Crippen molar-refractivity contribution >= 4 is 50.2 Å². The number of nitrogens with one attached hydrogen (secondary N) is 1. The summed E-state index contributed by atoms with van der Waals surface area (Å²) in [6.07, 6.45) is 1.55. The van der Waals surface area contributed by atoms with Crippen LogP contribution in [0.1, 0.15) is 5.69 Å². The Morgan fingerprint density at radius 2 is 2.18 bits per heavy atom. The number of rotatable bonds is 2. The van der Waals surface area contributed by atoms with Crippen LogP contribution in [0.5, 0.6) is 0 Å². The topological polar surface area (TPSA) is 61.6 Å². The van der Waals surface area contributed by atoms with E-state index in [1.165, 1.54) is 0 Å². The van der Waals surface area contributed by atoms with Crippen LogP contribution in [0.15, 0.2) is 34.9 Å². The van der Waals surface area contributed by atoms with E-state index in [4.69, 9.17) is 5.26 Å². The first-order valence-corrected chi connectivity index (χ1v) is 6.51. The molecule has 0 saturated carbocycles. The molecule has 0 amide bonds. The molecule has 0 aliphatic heterocycles. The molecule has 2 aromatic rings. The molecule has 17 heavy (non-hydrogen) atoms. The highest BCUT2D eigenvalue weighted by molar-refractivity contribution is 14.1. The van der Waals surface area contributed by atoms with E-state index >= 15 is 0 Å². The zero-order valence-corrected chi connectivity index (χ0v) is 12.2. The predicted octanol–water partition coefficient (Wildman–Crippen LogP) is 3.46. The van der Waals surface area contributed by atoms with Gasteiger partial charge in [-0.25, -0.2) is 9.97 Å². The van der Waals surface area contributed by atoms with Gasteiger partial charge in [0.15, 0.2) is 0 Å². The second-order valence-corrected chi connectivity index (χ2v) is 5.23. The molecule has 0 saturated heterocycles. The Bertz CT molecular complexity index is 594. The van der Waals surface area contributed by atoms with Crippen LogP contribution in [0.3, 0.4) is 0 Å². The van der Waals surface area contributed by atoms with Crippen LogP contribution < -0.4 is 5.32 Å². The van der Waals surface area contributed by atoms with Gasteiger partial charge < -0.3 is 5.32 Å². The van der Waals surface area contributed by atoms with Crippen LogP contribution >= 0.6 is 38.5 Å². The van der Waals surface area contributed by atoms with Crippen molar-refractivity contribution in [1.29, 1.82) is 5.26 Å². The molecular formula is C11H6BrIN4. The SMILES string of the molecule is N#Cc1ccnc(Nc2cc(I)ccc2Br)n1. The normalized spacial score (nSPS) is 9.71. The summed E-state index contributed by atoms with van der Waals surface area (Å²) < 4.78 is 2.02. The van der Waals surface area contributed by atoms with Gasteiger partial charge in [0.2, 0.25) is 5.95 Å². The molecule has 0 unspecified atom stereocenters. The van der Waals surface area contributed by atoms with E-state index < -0.39 is 0 Å². The maximum Gasteiger partial charge on any atom is 0.228 e. The molecule has 1 N–H and O–H groups in total. The standard InChI is InChI=1S/C11H6BrIN4/c12-9-2-1-7(13)5-10(9)17-11-15-4-3-8(6-14)16-11/h1-5H,(H,15,16,17). The molecule has 0 radical (unpaired) electrons. The number of benzene rings is 1. The first-order chi connectivity index (χ1) is 8.19. The number of anilines is 2. The average molecular weight is 401 g/mol. The van der Waals surface area contributed by atoms with Gasteiger partial charge in [-0.3, -0.25) is 0 Å². The maximum absolute atomic E-state index is 8.75. The highest BCUT2D eigenvalue weighted by Gasteiger charge is 2.03. The molecular weight excluding hydrogens is 395 g/mol.